The number of rotatable bonds is 16. The van der Waals surface area contributed by atoms with Crippen LogP contribution in [0.1, 0.15) is 57.9 Å². The van der Waals surface area contributed by atoms with E-state index in [0.29, 0.717) is 30.5 Å². The number of fused-ring (bicyclic) bond motifs is 1. The quantitative estimate of drug-likeness (QED) is 0.103. The van der Waals surface area contributed by atoms with Crippen LogP contribution < -0.4 is 19.5 Å². The van der Waals surface area contributed by atoms with Crippen molar-refractivity contribution in [1.82, 2.24) is 9.97 Å². The lowest BCUT2D eigenvalue weighted by molar-refractivity contribution is 0.228. The van der Waals surface area contributed by atoms with Gasteiger partial charge in [-0.15, -0.1) is 0 Å². The van der Waals surface area contributed by atoms with E-state index in [9.17, 15) is 0 Å². The van der Waals surface area contributed by atoms with E-state index in [1.54, 1.807) is 13.4 Å². The first kappa shape index (κ1) is 31.4. The van der Waals surface area contributed by atoms with E-state index in [-0.39, 0.29) is 0 Å². The predicted octanol–water partition coefficient (Wildman–Crippen LogP) is 9.30. The van der Waals surface area contributed by atoms with E-state index in [0.717, 1.165) is 77.9 Å². The number of ether oxygens (including phenoxy) is 4. The second kappa shape index (κ2) is 16.2. The molecule has 1 N–H and O–H groups in total. The zero-order valence-corrected chi connectivity index (χ0v) is 25.8. The van der Waals surface area contributed by atoms with Gasteiger partial charge in [-0.05, 0) is 100 Å². The molecule has 0 fully saturated rings. The first-order chi connectivity index (χ1) is 21.0. The van der Waals surface area contributed by atoms with Gasteiger partial charge in [0.2, 0.25) is 0 Å². The van der Waals surface area contributed by atoms with Crippen LogP contribution in [0.2, 0.25) is 0 Å². The summed E-state index contributed by atoms with van der Waals surface area (Å²) < 4.78 is 23.6. The molecule has 43 heavy (non-hydrogen) atoms. The van der Waals surface area contributed by atoms with E-state index in [2.05, 4.69) is 40.1 Å². The number of anilines is 2. The third kappa shape index (κ3) is 9.23. The first-order valence-corrected chi connectivity index (χ1v) is 15.0. The van der Waals surface area contributed by atoms with Gasteiger partial charge < -0.3 is 24.3 Å². The topological polar surface area (TPSA) is 74.7 Å². The Balaban J connectivity index is 1.31. The molecule has 7 nitrogen and oxygen atoms in total. The minimum absolute atomic E-state index is 0.583. The molecule has 0 saturated heterocycles. The number of hydrogen-bond donors (Lipinski definition) is 1. The molecular formula is C36H43N3O4. The molecule has 1 aliphatic rings. The number of aromatic nitrogens is 2. The van der Waals surface area contributed by atoms with E-state index in [1.165, 1.54) is 5.57 Å². The molecule has 0 aliphatic heterocycles. The van der Waals surface area contributed by atoms with Gasteiger partial charge >= 0.3 is 0 Å². The van der Waals surface area contributed by atoms with Crippen molar-refractivity contribution < 1.29 is 18.9 Å². The Morgan fingerprint density at radius 1 is 1.05 bits per heavy atom. The fraction of sp³-hybridized carbons (Fsp3) is 0.333. The van der Waals surface area contributed by atoms with E-state index < -0.39 is 0 Å². The number of unbranched alkanes of at least 4 members (excludes halogenated alkanes) is 2. The SMILES string of the molecule is C=C(CCCCCOc1cc2ncnc(Nc3ccc(OC(/C=C\C)=C/C)cc3C)c2cc1OC)OCC1=CCCC=C1. The van der Waals surface area contributed by atoms with E-state index >= 15 is 0 Å². The molecule has 1 aromatic heterocycles. The number of methoxy groups -OCH3 is 1. The molecule has 0 spiro atoms. The Kier molecular flexibility index (Phi) is 11.8. The minimum atomic E-state index is 0.583. The second-order valence-electron chi connectivity index (χ2n) is 10.4. The molecule has 3 aromatic rings. The molecule has 0 unspecified atom stereocenters. The van der Waals surface area contributed by atoms with Crippen LogP contribution in [0.5, 0.6) is 17.2 Å². The van der Waals surface area contributed by atoms with Crippen LogP contribution in [-0.4, -0.2) is 30.3 Å². The number of hydrogen-bond acceptors (Lipinski definition) is 7. The highest BCUT2D eigenvalue weighted by molar-refractivity contribution is 5.93. The number of benzene rings is 2. The predicted molar refractivity (Wildman–Crippen MR) is 175 cm³/mol. The lowest BCUT2D eigenvalue weighted by Crippen LogP contribution is -2.02. The smallest absolute Gasteiger partial charge is 0.163 e. The van der Waals surface area contributed by atoms with Crippen molar-refractivity contribution in [3.63, 3.8) is 0 Å². The summed E-state index contributed by atoms with van der Waals surface area (Å²) >= 11 is 0. The van der Waals surface area contributed by atoms with Crippen molar-refractivity contribution in [1.29, 1.82) is 0 Å². The van der Waals surface area contributed by atoms with Crippen molar-refractivity contribution in [2.24, 2.45) is 0 Å². The van der Waals surface area contributed by atoms with Crippen LogP contribution in [0.4, 0.5) is 11.5 Å². The summed E-state index contributed by atoms with van der Waals surface area (Å²) in [6.07, 6.45) is 19.9. The minimum Gasteiger partial charge on any atom is -0.494 e. The van der Waals surface area contributed by atoms with Crippen molar-refractivity contribution in [3.05, 3.63) is 102 Å². The van der Waals surface area contributed by atoms with Crippen molar-refractivity contribution in [3.8, 4) is 17.2 Å². The maximum atomic E-state index is 6.12. The van der Waals surface area contributed by atoms with Crippen molar-refractivity contribution >= 4 is 22.4 Å². The van der Waals surface area contributed by atoms with Crippen LogP contribution in [0.25, 0.3) is 10.9 Å². The molecule has 0 saturated carbocycles. The first-order valence-electron chi connectivity index (χ1n) is 15.0. The van der Waals surface area contributed by atoms with Crippen LogP contribution in [-0.2, 0) is 4.74 Å². The van der Waals surface area contributed by atoms with Crippen LogP contribution >= 0.6 is 0 Å². The van der Waals surface area contributed by atoms with E-state index in [4.69, 9.17) is 18.9 Å². The Labute approximate surface area is 255 Å². The third-order valence-corrected chi connectivity index (χ3v) is 7.10. The largest absolute Gasteiger partial charge is 0.494 e. The summed E-state index contributed by atoms with van der Waals surface area (Å²) in [6, 6.07) is 9.76. The highest BCUT2D eigenvalue weighted by Crippen LogP contribution is 2.35. The molecule has 1 aliphatic carbocycles. The summed E-state index contributed by atoms with van der Waals surface area (Å²) in [7, 11) is 1.64. The van der Waals surface area contributed by atoms with Gasteiger partial charge in [0.05, 0.1) is 25.0 Å². The lowest BCUT2D eigenvalue weighted by atomic mass is 10.1. The van der Waals surface area contributed by atoms with Crippen molar-refractivity contribution in [2.75, 3.05) is 25.6 Å². The van der Waals surface area contributed by atoms with Gasteiger partial charge in [-0.3, -0.25) is 0 Å². The van der Waals surface area contributed by atoms with Crippen LogP contribution in [0, 0.1) is 6.92 Å². The molecule has 0 amide bonds. The fourth-order valence-corrected chi connectivity index (χ4v) is 4.71. The number of nitrogens with one attached hydrogen (secondary N) is 1. The average Bonchev–Trinajstić information content (AvgIpc) is 3.03. The second-order valence-corrected chi connectivity index (χ2v) is 10.4. The Morgan fingerprint density at radius 2 is 1.93 bits per heavy atom. The van der Waals surface area contributed by atoms with Gasteiger partial charge in [0, 0.05) is 23.6 Å². The fourth-order valence-electron chi connectivity index (χ4n) is 4.71. The molecule has 1 heterocycles. The zero-order valence-electron chi connectivity index (χ0n) is 25.8. The van der Waals surface area contributed by atoms with Gasteiger partial charge in [-0.25, -0.2) is 9.97 Å². The normalized spacial score (nSPS) is 13.2. The summed E-state index contributed by atoms with van der Waals surface area (Å²) in [5.41, 5.74) is 3.96. The molecule has 0 bridgehead atoms. The van der Waals surface area contributed by atoms with Gasteiger partial charge in [-0.1, -0.05) is 30.9 Å². The van der Waals surface area contributed by atoms with Gasteiger partial charge in [0.1, 0.15) is 30.3 Å². The molecule has 0 atom stereocenters. The zero-order chi connectivity index (χ0) is 30.4. The Hall–Kier alpha value is -4.52. The summed E-state index contributed by atoms with van der Waals surface area (Å²) in [6.45, 7) is 11.2. The van der Waals surface area contributed by atoms with E-state index in [1.807, 2.05) is 69.3 Å². The number of nitrogens with zero attached hydrogens (tertiary/aromatic N) is 2. The van der Waals surface area contributed by atoms with Crippen LogP contribution in [0.15, 0.2) is 96.8 Å². The molecule has 7 heteroatoms. The highest BCUT2D eigenvalue weighted by Gasteiger charge is 2.13. The standard InChI is InChI=1S/C36H43N3O4/c1-6-14-29(7-2)43-30-18-19-32(26(3)21-30)39-36-31-22-34(40-5)35(23-33(31)37-25-38-36)41-20-13-9-10-15-27(4)42-24-28-16-11-8-12-17-28/h6-7,11,14,16-19,21-23,25H,4,8-10,12-13,15,20,24H2,1-3,5H3,(H,37,38,39)/b14-6-,29-7+. The summed E-state index contributed by atoms with van der Waals surface area (Å²) in [5, 5.41) is 4.29. The molecule has 0 radical (unpaired) electrons. The molecule has 4 rings (SSSR count). The number of aryl methyl sites for hydroxylation is 1. The molecular weight excluding hydrogens is 538 g/mol. The van der Waals surface area contributed by atoms with Crippen molar-refractivity contribution in [2.45, 2.75) is 59.3 Å². The molecule has 2 aromatic carbocycles. The average molecular weight is 582 g/mol. The van der Waals surface area contributed by atoms with Crippen LogP contribution in [0.3, 0.4) is 0 Å². The number of allylic oxidation sites excluding steroid dienone is 6. The Bertz CT molecular complexity index is 1520. The van der Waals surface area contributed by atoms with Gasteiger partial charge in [0.25, 0.3) is 0 Å². The summed E-state index contributed by atoms with van der Waals surface area (Å²) in [5.74, 6) is 4.40. The highest BCUT2D eigenvalue weighted by atomic mass is 16.5. The van der Waals surface area contributed by atoms with Gasteiger partial charge in [0.15, 0.2) is 11.5 Å². The lowest BCUT2D eigenvalue weighted by Gasteiger charge is -2.15. The Morgan fingerprint density at radius 3 is 2.67 bits per heavy atom. The maximum absolute atomic E-state index is 6.12. The van der Waals surface area contributed by atoms with Gasteiger partial charge in [-0.2, -0.15) is 0 Å². The molecule has 226 valence electrons. The maximum Gasteiger partial charge on any atom is 0.163 e. The summed E-state index contributed by atoms with van der Waals surface area (Å²) in [4.78, 5) is 9.01. The monoisotopic (exact) mass is 581 g/mol. The third-order valence-electron chi connectivity index (χ3n) is 7.10.